The SMILES string of the molecule is CC1CCN(CCN2CCCC(c3nnc(N)o3)C2)CC1. The summed E-state index contributed by atoms with van der Waals surface area (Å²) in [5, 5.41) is 7.83. The lowest BCUT2D eigenvalue weighted by Gasteiger charge is -2.35. The van der Waals surface area contributed by atoms with E-state index in [9.17, 15) is 0 Å². The number of piperidine rings is 2. The molecule has 2 aliphatic heterocycles. The van der Waals surface area contributed by atoms with Gasteiger partial charge in [0.1, 0.15) is 0 Å². The van der Waals surface area contributed by atoms with E-state index in [1.165, 1.54) is 45.4 Å². The highest BCUT2D eigenvalue weighted by molar-refractivity contribution is 5.07. The highest BCUT2D eigenvalue weighted by Gasteiger charge is 2.26. The number of hydrogen-bond acceptors (Lipinski definition) is 6. The molecule has 0 aliphatic carbocycles. The van der Waals surface area contributed by atoms with Gasteiger partial charge in [0.25, 0.3) is 0 Å². The largest absolute Gasteiger partial charge is 0.408 e. The van der Waals surface area contributed by atoms with E-state index in [0.717, 1.165) is 25.4 Å². The number of nitrogens with zero attached hydrogens (tertiary/aromatic N) is 4. The van der Waals surface area contributed by atoms with Crippen LogP contribution in [0.15, 0.2) is 4.42 Å². The van der Waals surface area contributed by atoms with Crippen molar-refractivity contribution < 1.29 is 4.42 Å². The number of rotatable bonds is 4. The normalized spacial score (nSPS) is 26.2. The van der Waals surface area contributed by atoms with Gasteiger partial charge in [-0.2, -0.15) is 0 Å². The van der Waals surface area contributed by atoms with Crippen molar-refractivity contribution in [3.63, 3.8) is 0 Å². The van der Waals surface area contributed by atoms with Gasteiger partial charge >= 0.3 is 6.01 Å². The minimum atomic E-state index is 0.185. The third-order valence-corrected chi connectivity index (χ3v) is 4.92. The Morgan fingerprint density at radius 3 is 2.57 bits per heavy atom. The average Bonchev–Trinajstić information content (AvgIpc) is 2.94. The highest BCUT2D eigenvalue weighted by atomic mass is 16.4. The monoisotopic (exact) mass is 293 g/mol. The smallest absolute Gasteiger partial charge is 0.312 e. The highest BCUT2D eigenvalue weighted by Crippen LogP contribution is 2.26. The summed E-state index contributed by atoms with van der Waals surface area (Å²) in [4.78, 5) is 5.14. The molecule has 0 radical (unpaired) electrons. The van der Waals surface area contributed by atoms with E-state index in [4.69, 9.17) is 10.2 Å². The van der Waals surface area contributed by atoms with Crippen LogP contribution in [-0.2, 0) is 0 Å². The molecule has 2 N–H and O–H groups in total. The molecule has 2 saturated heterocycles. The first-order valence-electron chi connectivity index (χ1n) is 8.24. The van der Waals surface area contributed by atoms with Crippen LogP contribution < -0.4 is 5.73 Å². The molecule has 6 heteroatoms. The molecule has 0 aromatic carbocycles. The lowest BCUT2D eigenvalue weighted by atomic mass is 9.97. The zero-order valence-electron chi connectivity index (χ0n) is 13.0. The number of nitrogen functional groups attached to an aromatic ring is 1. The van der Waals surface area contributed by atoms with Crippen molar-refractivity contribution in [3.05, 3.63) is 5.89 Å². The van der Waals surface area contributed by atoms with E-state index < -0.39 is 0 Å². The molecule has 1 unspecified atom stereocenters. The van der Waals surface area contributed by atoms with Gasteiger partial charge in [0.2, 0.25) is 5.89 Å². The van der Waals surface area contributed by atoms with Crippen LogP contribution in [0.2, 0.25) is 0 Å². The van der Waals surface area contributed by atoms with Crippen LogP contribution in [-0.4, -0.2) is 59.3 Å². The summed E-state index contributed by atoms with van der Waals surface area (Å²) in [6.45, 7) is 9.43. The van der Waals surface area contributed by atoms with E-state index in [0.29, 0.717) is 11.8 Å². The van der Waals surface area contributed by atoms with Gasteiger partial charge < -0.3 is 20.0 Å². The molecular formula is C15H27N5O. The van der Waals surface area contributed by atoms with Gasteiger partial charge in [0.15, 0.2) is 0 Å². The Morgan fingerprint density at radius 2 is 1.86 bits per heavy atom. The Bertz CT molecular complexity index is 441. The van der Waals surface area contributed by atoms with Crippen molar-refractivity contribution in [2.45, 2.75) is 38.5 Å². The average molecular weight is 293 g/mol. The Kier molecular flexibility index (Phi) is 4.75. The summed E-state index contributed by atoms with van der Waals surface area (Å²) in [6, 6.07) is 0.185. The summed E-state index contributed by atoms with van der Waals surface area (Å²) in [7, 11) is 0. The lowest BCUT2D eigenvalue weighted by Crippen LogP contribution is -2.42. The van der Waals surface area contributed by atoms with Crippen LogP contribution in [0.3, 0.4) is 0 Å². The van der Waals surface area contributed by atoms with Crippen LogP contribution in [0.4, 0.5) is 6.01 Å². The fraction of sp³-hybridized carbons (Fsp3) is 0.867. The minimum absolute atomic E-state index is 0.185. The maximum atomic E-state index is 5.53. The summed E-state index contributed by atoms with van der Waals surface area (Å²) in [5.41, 5.74) is 5.53. The first kappa shape index (κ1) is 14.8. The zero-order chi connectivity index (χ0) is 14.7. The Balaban J connectivity index is 1.45. The standard InChI is InChI=1S/C15H27N5O/c1-12-4-7-19(8-5-12)9-10-20-6-2-3-13(11-20)14-17-18-15(16)21-14/h12-13H,2-11H2,1H3,(H2,16,18). The van der Waals surface area contributed by atoms with Gasteiger partial charge in [-0.05, 0) is 51.2 Å². The second kappa shape index (κ2) is 6.75. The maximum Gasteiger partial charge on any atom is 0.312 e. The van der Waals surface area contributed by atoms with Gasteiger partial charge in [-0.1, -0.05) is 12.0 Å². The van der Waals surface area contributed by atoms with Crippen molar-refractivity contribution in [2.24, 2.45) is 5.92 Å². The molecular weight excluding hydrogens is 266 g/mol. The van der Waals surface area contributed by atoms with E-state index in [-0.39, 0.29) is 6.01 Å². The van der Waals surface area contributed by atoms with E-state index in [1.807, 2.05) is 0 Å². The number of aromatic nitrogens is 2. The molecule has 2 aliphatic rings. The van der Waals surface area contributed by atoms with Gasteiger partial charge in [-0.15, -0.1) is 5.10 Å². The third-order valence-electron chi connectivity index (χ3n) is 4.92. The van der Waals surface area contributed by atoms with Gasteiger partial charge in [-0.3, -0.25) is 0 Å². The molecule has 0 spiro atoms. The second-order valence-electron chi connectivity index (χ2n) is 6.64. The third kappa shape index (κ3) is 3.95. The fourth-order valence-electron chi connectivity index (χ4n) is 3.44. The Labute approximate surface area is 126 Å². The number of anilines is 1. The van der Waals surface area contributed by atoms with Crippen LogP contribution in [0.1, 0.15) is 44.4 Å². The zero-order valence-corrected chi connectivity index (χ0v) is 13.0. The maximum absolute atomic E-state index is 5.53. The quantitative estimate of drug-likeness (QED) is 0.908. The van der Waals surface area contributed by atoms with E-state index >= 15 is 0 Å². The summed E-state index contributed by atoms with van der Waals surface area (Å²) < 4.78 is 5.40. The van der Waals surface area contributed by atoms with Crippen LogP contribution >= 0.6 is 0 Å². The van der Waals surface area contributed by atoms with Crippen LogP contribution in [0.25, 0.3) is 0 Å². The molecule has 1 aromatic heterocycles. The van der Waals surface area contributed by atoms with Crippen molar-refractivity contribution in [3.8, 4) is 0 Å². The lowest BCUT2D eigenvalue weighted by molar-refractivity contribution is 0.139. The number of likely N-dealkylation sites (tertiary alicyclic amines) is 2. The van der Waals surface area contributed by atoms with Crippen molar-refractivity contribution in [2.75, 3.05) is 45.0 Å². The molecule has 0 bridgehead atoms. The molecule has 21 heavy (non-hydrogen) atoms. The minimum Gasteiger partial charge on any atom is -0.408 e. The molecule has 2 fully saturated rings. The predicted octanol–water partition coefficient (Wildman–Crippen LogP) is 1.56. The molecule has 3 heterocycles. The fourth-order valence-corrected chi connectivity index (χ4v) is 3.44. The first-order chi connectivity index (χ1) is 10.2. The Hall–Kier alpha value is -1.14. The number of nitrogens with two attached hydrogens (primary N) is 1. The molecule has 6 nitrogen and oxygen atoms in total. The van der Waals surface area contributed by atoms with Crippen LogP contribution in [0.5, 0.6) is 0 Å². The van der Waals surface area contributed by atoms with E-state index in [1.54, 1.807) is 0 Å². The van der Waals surface area contributed by atoms with E-state index in [2.05, 4.69) is 26.9 Å². The summed E-state index contributed by atoms with van der Waals surface area (Å²) in [5.74, 6) is 1.97. The molecule has 0 saturated carbocycles. The Morgan fingerprint density at radius 1 is 1.10 bits per heavy atom. The van der Waals surface area contributed by atoms with Crippen LogP contribution in [0, 0.1) is 5.92 Å². The van der Waals surface area contributed by atoms with Gasteiger partial charge in [-0.25, -0.2) is 0 Å². The van der Waals surface area contributed by atoms with Gasteiger partial charge in [0, 0.05) is 19.6 Å². The molecule has 3 rings (SSSR count). The molecule has 118 valence electrons. The number of hydrogen-bond donors (Lipinski definition) is 1. The van der Waals surface area contributed by atoms with Gasteiger partial charge in [0.05, 0.1) is 5.92 Å². The molecule has 1 aromatic rings. The van der Waals surface area contributed by atoms with Crippen molar-refractivity contribution in [1.82, 2.24) is 20.0 Å². The summed E-state index contributed by atoms with van der Waals surface area (Å²) in [6.07, 6.45) is 5.02. The van der Waals surface area contributed by atoms with Crippen molar-refractivity contribution >= 4 is 6.01 Å². The second-order valence-corrected chi connectivity index (χ2v) is 6.64. The van der Waals surface area contributed by atoms with Crippen molar-refractivity contribution in [1.29, 1.82) is 0 Å². The molecule has 1 atom stereocenters. The predicted molar refractivity (Wildman–Crippen MR) is 82.0 cm³/mol. The first-order valence-corrected chi connectivity index (χ1v) is 8.24. The summed E-state index contributed by atoms with van der Waals surface area (Å²) >= 11 is 0. The topological polar surface area (TPSA) is 71.4 Å². The molecule has 0 amide bonds.